The van der Waals surface area contributed by atoms with Gasteiger partial charge in [-0.1, -0.05) is 24.4 Å². The summed E-state index contributed by atoms with van der Waals surface area (Å²) in [6.45, 7) is 2.26. The molecule has 8 heteroatoms. The minimum Gasteiger partial charge on any atom is -0.353 e. The molecule has 0 aliphatic carbocycles. The average Bonchev–Trinajstić information content (AvgIpc) is 2.94. The van der Waals surface area contributed by atoms with Crippen molar-refractivity contribution in [2.24, 2.45) is 7.05 Å². The van der Waals surface area contributed by atoms with Crippen LogP contribution in [0, 0.1) is 5.82 Å². The molecule has 1 aromatic heterocycles. The van der Waals surface area contributed by atoms with Gasteiger partial charge in [0.15, 0.2) is 0 Å². The SMILES string of the molecule is Cn1cccc1C(CNC(=O)C(=O)Nc1ccc(F)c(Cl)c1)N1CCCCCC1. The van der Waals surface area contributed by atoms with Crippen LogP contribution in [0.2, 0.25) is 5.02 Å². The molecule has 2 heterocycles. The number of aryl methyl sites for hydroxylation is 1. The third kappa shape index (κ3) is 5.58. The van der Waals surface area contributed by atoms with Gasteiger partial charge in [-0.25, -0.2) is 4.39 Å². The Kier molecular flexibility index (Phi) is 7.28. The predicted molar refractivity (Wildman–Crippen MR) is 111 cm³/mol. The van der Waals surface area contributed by atoms with E-state index in [2.05, 4.69) is 15.5 Å². The molecule has 2 N–H and O–H groups in total. The molecule has 1 unspecified atom stereocenters. The van der Waals surface area contributed by atoms with E-state index < -0.39 is 17.6 Å². The fraction of sp³-hybridized carbons (Fsp3) is 0.429. The molecule has 0 bridgehead atoms. The Morgan fingerprint density at radius 3 is 2.48 bits per heavy atom. The lowest BCUT2D eigenvalue weighted by Gasteiger charge is -2.31. The van der Waals surface area contributed by atoms with Gasteiger partial charge in [0.05, 0.1) is 11.1 Å². The van der Waals surface area contributed by atoms with Gasteiger partial charge >= 0.3 is 11.8 Å². The number of rotatable bonds is 5. The van der Waals surface area contributed by atoms with Gasteiger partial charge in [-0.15, -0.1) is 0 Å². The van der Waals surface area contributed by atoms with Crippen LogP contribution in [0.15, 0.2) is 36.5 Å². The maximum atomic E-state index is 13.2. The molecule has 1 saturated heterocycles. The smallest absolute Gasteiger partial charge is 0.313 e. The summed E-state index contributed by atoms with van der Waals surface area (Å²) in [6.07, 6.45) is 6.66. The van der Waals surface area contributed by atoms with Crippen LogP contribution in [0.5, 0.6) is 0 Å². The number of hydrogen-bond acceptors (Lipinski definition) is 3. The second-order valence-electron chi connectivity index (χ2n) is 7.30. The van der Waals surface area contributed by atoms with Gasteiger partial charge in [-0.2, -0.15) is 0 Å². The van der Waals surface area contributed by atoms with Crippen molar-refractivity contribution >= 4 is 29.1 Å². The first-order chi connectivity index (χ1) is 14.0. The number of hydrogen-bond donors (Lipinski definition) is 2. The predicted octanol–water partition coefficient (Wildman–Crippen LogP) is 3.49. The van der Waals surface area contributed by atoms with E-state index in [9.17, 15) is 14.0 Å². The zero-order valence-electron chi connectivity index (χ0n) is 16.5. The number of nitrogens with zero attached hydrogens (tertiary/aromatic N) is 2. The first-order valence-electron chi connectivity index (χ1n) is 9.85. The van der Waals surface area contributed by atoms with E-state index in [1.165, 1.54) is 25.0 Å². The summed E-state index contributed by atoms with van der Waals surface area (Å²) in [4.78, 5) is 27.0. The summed E-state index contributed by atoms with van der Waals surface area (Å²) < 4.78 is 15.3. The highest BCUT2D eigenvalue weighted by Gasteiger charge is 2.25. The maximum Gasteiger partial charge on any atom is 0.313 e. The van der Waals surface area contributed by atoms with Crippen LogP contribution in [0.25, 0.3) is 0 Å². The van der Waals surface area contributed by atoms with Crippen LogP contribution in [0.1, 0.15) is 37.4 Å². The quantitative estimate of drug-likeness (QED) is 0.727. The van der Waals surface area contributed by atoms with Gasteiger partial charge in [0.2, 0.25) is 0 Å². The maximum absolute atomic E-state index is 13.2. The van der Waals surface area contributed by atoms with Crippen LogP contribution in [0.4, 0.5) is 10.1 Å². The molecule has 2 aromatic rings. The Morgan fingerprint density at radius 1 is 1.14 bits per heavy atom. The fourth-order valence-corrected chi connectivity index (χ4v) is 3.86. The summed E-state index contributed by atoms with van der Waals surface area (Å²) in [6, 6.07) is 7.78. The van der Waals surface area contributed by atoms with Gasteiger partial charge < -0.3 is 15.2 Å². The molecule has 29 heavy (non-hydrogen) atoms. The Hall–Kier alpha value is -2.38. The van der Waals surface area contributed by atoms with Crippen molar-refractivity contribution in [1.82, 2.24) is 14.8 Å². The van der Waals surface area contributed by atoms with Crippen molar-refractivity contribution in [2.75, 3.05) is 25.0 Å². The third-order valence-electron chi connectivity index (χ3n) is 5.25. The van der Waals surface area contributed by atoms with Gasteiger partial charge in [0.1, 0.15) is 5.82 Å². The Bertz CT molecular complexity index is 862. The van der Waals surface area contributed by atoms with Gasteiger partial charge in [0, 0.05) is 31.2 Å². The second-order valence-corrected chi connectivity index (χ2v) is 7.71. The molecule has 1 atom stereocenters. The van der Waals surface area contributed by atoms with Crippen LogP contribution < -0.4 is 10.6 Å². The van der Waals surface area contributed by atoms with E-state index >= 15 is 0 Å². The molecule has 1 fully saturated rings. The van der Waals surface area contributed by atoms with Crippen molar-refractivity contribution in [3.05, 3.63) is 53.1 Å². The van der Waals surface area contributed by atoms with E-state index in [0.29, 0.717) is 6.54 Å². The topological polar surface area (TPSA) is 66.4 Å². The summed E-state index contributed by atoms with van der Waals surface area (Å²) in [7, 11) is 1.98. The number of likely N-dealkylation sites (tertiary alicyclic amines) is 1. The lowest BCUT2D eigenvalue weighted by molar-refractivity contribution is -0.136. The number of anilines is 1. The summed E-state index contributed by atoms with van der Waals surface area (Å²) >= 11 is 5.72. The van der Waals surface area contributed by atoms with Crippen LogP contribution in [0.3, 0.4) is 0 Å². The fourth-order valence-electron chi connectivity index (χ4n) is 3.68. The second kappa shape index (κ2) is 9.89. The molecule has 0 spiro atoms. The monoisotopic (exact) mass is 420 g/mol. The van der Waals surface area contributed by atoms with Gasteiger partial charge in [-0.05, 0) is 56.3 Å². The zero-order chi connectivity index (χ0) is 20.8. The van der Waals surface area contributed by atoms with E-state index in [0.717, 1.165) is 37.7 Å². The molecule has 2 amide bonds. The molecular formula is C21H26ClFN4O2. The highest BCUT2D eigenvalue weighted by atomic mass is 35.5. The third-order valence-corrected chi connectivity index (χ3v) is 5.54. The van der Waals surface area contributed by atoms with Gasteiger partial charge in [0.25, 0.3) is 0 Å². The number of halogens is 2. The Labute approximate surface area is 175 Å². The molecule has 1 aliphatic heterocycles. The van der Waals surface area contributed by atoms with E-state index in [1.807, 2.05) is 29.9 Å². The minimum atomic E-state index is -0.811. The summed E-state index contributed by atoms with van der Waals surface area (Å²) in [5.41, 5.74) is 1.36. The summed E-state index contributed by atoms with van der Waals surface area (Å²) in [5, 5.41) is 5.08. The van der Waals surface area contributed by atoms with E-state index in [-0.39, 0.29) is 16.8 Å². The molecule has 1 aliphatic rings. The molecule has 1 aromatic carbocycles. The molecule has 156 valence electrons. The standard InChI is InChI=1S/C21H26ClFN4O2/c1-26-10-6-7-18(26)19(27-11-4-2-3-5-12-27)14-24-20(28)21(29)25-15-8-9-17(23)16(22)13-15/h6-10,13,19H,2-5,11-12,14H2,1H3,(H,24,28)(H,25,29). The lowest BCUT2D eigenvalue weighted by atomic mass is 10.1. The van der Waals surface area contributed by atoms with E-state index in [1.54, 1.807) is 0 Å². The molecule has 0 radical (unpaired) electrons. The first kappa shape index (κ1) is 21.3. The highest BCUT2D eigenvalue weighted by molar-refractivity contribution is 6.39. The van der Waals surface area contributed by atoms with Crippen LogP contribution >= 0.6 is 11.6 Å². The van der Waals surface area contributed by atoms with Crippen LogP contribution in [-0.2, 0) is 16.6 Å². The zero-order valence-corrected chi connectivity index (χ0v) is 17.2. The van der Waals surface area contributed by atoms with Gasteiger partial charge in [-0.3, -0.25) is 14.5 Å². The number of nitrogens with one attached hydrogen (secondary N) is 2. The lowest BCUT2D eigenvalue weighted by Crippen LogP contribution is -2.42. The number of carbonyl (C=O) groups excluding carboxylic acids is 2. The number of benzene rings is 1. The highest BCUT2D eigenvalue weighted by Crippen LogP contribution is 2.24. The van der Waals surface area contributed by atoms with Crippen molar-refractivity contribution in [3.63, 3.8) is 0 Å². The molecule has 3 rings (SSSR count). The number of amides is 2. The average molecular weight is 421 g/mol. The minimum absolute atomic E-state index is 0.00915. The Morgan fingerprint density at radius 2 is 1.86 bits per heavy atom. The summed E-state index contributed by atoms with van der Waals surface area (Å²) in [5.74, 6) is -2.13. The number of aromatic nitrogens is 1. The Balaban J connectivity index is 1.64. The van der Waals surface area contributed by atoms with E-state index in [4.69, 9.17) is 11.6 Å². The largest absolute Gasteiger partial charge is 0.353 e. The number of carbonyl (C=O) groups is 2. The molecular weight excluding hydrogens is 395 g/mol. The van der Waals surface area contributed by atoms with Crippen LogP contribution in [-0.4, -0.2) is 40.9 Å². The normalized spacial score (nSPS) is 16.1. The van der Waals surface area contributed by atoms with Crippen molar-refractivity contribution in [1.29, 1.82) is 0 Å². The molecule has 6 nitrogen and oxygen atoms in total. The van der Waals surface area contributed by atoms with Crippen molar-refractivity contribution < 1.29 is 14.0 Å². The first-order valence-corrected chi connectivity index (χ1v) is 10.2. The molecule has 0 saturated carbocycles. The van der Waals surface area contributed by atoms with Crippen molar-refractivity contribution in [3.8, 4) is 0 Å². The van der Waals surface area contributed by atoms with Crippen molar-refractivity contribution in [2.45, 2.75) is 31.7 Å².